The van der Waals surface area contributed by atoms with Crippen molar-refractivity contribution in [2.45, 2.75) is 51.4 Å². The molecule has 0 saturated carbocycles. The third-order valence-electron chi connectivity index (χ3n) is 4.88. The third-order valence-corrected chi connectivity index (χ3v) is 4.88. The summed E-state index contributed by atoms with van der Waals surface area (Å²) in [6, 6.07) is 0. The number of rotatable bonds is 7. The van der Waals surface area contributed by atoms with E-state index in [1.165, 1.54) is 43.7 Å². The molecule has 0 radical (unpaired) electrons. The maximum absolute atomic E-state index is 11.8. The van der Waals surface area contributed by atoms with Crippen LogP contribution >= 0.6 is 24.0 Å². The molecule has 2 aliphatic heterocycles. The molecule has 0 aromatic carbocycles. The van der Waals surface area contributed by atoms with Crippen molar-refractivity contribution in [3.63, 3.8) is 0 Å². The Labute approximate surface area is 174 Å². The van der Waals surface area contributed by atoms with Crippen molar-refractivity contribution in [2.75, 3.05) is 46.3 Å². The minimum atomic E-state index is -0.0570. The van der Waals surface area contributed by atoms with Gasteiger partial charge in [0, 0.05) is 39.5 Å². The van der Waals surface area contributed by atoms with Crippen LogP contribution in [0.3, 0.4) is 0 Å². The van der Waals surface area contributed by atoms with E-state index in [0.29, 0.717) is 32.4 Å². The Hall–Kier alpha value is -0.900. The molecule has 2 rings (SSSR count). The molecule has 0 atom stereocenters. The molecule has 0 unspecified atom stereocenters. The summed E-state index contributed by atoms with van der Waals surface area (Å²) in [6.07, 6.45) is 8.12. The normalized spacial score (nSPS) is 19.7. The predicted molar refractivity (Wildman–Crippen MR) is 115 cm³/mol. The second kappa shape index (κ2) is 13.3. The molecule has 150 valence electrons. The molecule has 2 saturated heterocycles. The summed E-state index contributed by atoms with van der Waals surface area (Å²) in [5, 5.41) is 6.49. The molecule has 2 amide bonds. The number of likely N-dealkylation sites (tertiary alicyclic amines) is 2. The molecule has 0 aromatic heterocycles. The first-order valence-electron chi connectivity index (χ1n) is 9.71. The summed E-state index contributed by atoms with van der Waals surface area (Å²) in [4.78, 5) is 31.6. The molecule has 2 N–H and O–H groups in total. The highest BCUT2D eigenvalue weighted by atomic mass is 127. The summed E-state index contributed by atoms with van der Waals surface area (Å²) in [6.45, 7) is 5.39. The van der Waals surface area contributed by atoms with Gasteiger partial charge in [-0.25, -0.2) is 0 Å². The number of piperidine rings is 1. The van der Waals surface area contributed by atoms with Gasteiger partial charge in [0.05, 0.1) is 0 Å². The largest absolute Gasteiger partial charge is 0.356 e. The van der Waals surface area contributed by atoms with E-state index in [9.17, 15) is 9.59 Å². The number of imide groups is 1. The Morgan fingerprint density at radius 2 is 1.54 bits per heavy atom. The van der Waals surface area contributed by atoms with Crippen LogP contribution < -0.4 is 10.6 Å². The number of amides is 2. The number of nitrogens with zero attached hydrogens (tertiary/aromatic N) is 3. The van der Waals surface area contributed by atoms with Gasteiger partial charge in [-0.15, -0.1) is 24.0 Å². The number of guanidine groups is 1. The molecule has 0 bridgehead atoms. The van der Waals surface area contributed by atoms with E-state index < -0.39 is 0 Å². The molecular formula is C18H34IN5O2. The zero-order chi connectivity index (χ0) is 17.9. The van der Waals surface area contributed by atoms with E-state index in [1.807, 2.05) is 0 Å². The van der Waals surface area contributed by atoms with E-state index in [2.05, 4.69) is 20.5 Å². The molecular weight excluding hydrogens is 445 g/mol. The van der Waals surface area contributed by atoms with Crippen molar-refractivity contribution >= 4 is 41.8 Å². The standard InChI is InChI=1S/C18H33N5O2.HI/c1-19-18(20-10-7-14-22-12-4-2-3-5-13-22)21-11-15-23-16(24)8-6-9-17(23)25;/h2-15H2,1H3,(H2,19,20,21);1H. The fourth-order valence-corrected chi connectivity index (χ4v) is 3.43. The lowest BCUT2D eigenvalue weighted by atomic mass is 10.1. The molecule has 8 heteroatoms. The molecule has 0 spiro atoms. The molecule has 2 fully saturated rings. The molecule has 0 aliphatic carbocycles. The molecule has 26 heavy (non-hydrogen) atoms. The van der Waals surface area contributed by atoms with Gasteiger partial charge in [-0.05, 0) is 45.3 Å². The highest BCUT2D eigenvalue weighted by Gasteiger charge is 2.25. The van der Waals surface area contributed by atoms with E-state index in [4.69, 9.17) is 0 Å². The summed E-state index contributed by atoms with van der Waals surface area (Å²) in [5.41, 5.74) is 0. The first-order chi connectivity index (χ1) is 12.2. The second-order valence-electron chi connectivity index (χ2n) is 6.83. The number of carbonyl (C=O) groups is 2. The number of nitrogens with one attached hydrogen (secondary N) is 2. The highest BCUT2D eigenvalue weighted by molar-refractivity contribution is 14.0. The van der Waals surface area contributed by atoms with Crippen molar-refractivity contribution in [2.24, 2.45) is 4.99 Å². The number of hydrogen-bond acceptors (Lipinski definition) is 4. The van der Waals surface area contributed by atoms with Crippen LogP contribution in [0.25, 0.3) is 0 Å². The SMILES string of the molecule is CN=C(NCCCN1CCCCCC1)NCCN1C(=O)CCCC1=O.I. The van der Waals surface area contributed by atoms with E-state index >= 15 is 0 Å². The monoisotopic (exact) mass is 479 g/mol. The zero-order valence-electron chi connectivity index (χ0n) is 16.0. The number of halogens is 1. The van der Waals surface area contributed by atoms with Crippen LogP contribution in [0.5, 0.6) is 0 Å². The predicted octanol–water partition coefficient (Wildman–Crippen LogP) is 1.57. The lowest BCUT2D eigenvalue weighted by Crippen LogP contribution is -2.46. The Kier molecular flexibility index (Phi) is 11.8. The summed E-state index contributed by atoms with van der Waals surface area (Å²) in [7, 11) is 1.74. The minimum absolute atomic E-state index is 0. The number of carbonyl (C=O) groups excluding carboxylic acids is 2. The van der Waals surface area contributed by atoms with Gasteiger partial charge in [-0.1, -0.05) is 12.8 Å². The molecule has 2 aliphatic rings. The van der Waals surface area contributed by atoms with Crippen LogP contribution in [0.2, 0.25) is 0 Å². The Balaban J connectivity index is 0.00000338. The minimum Gasteiger partial charge on any atom is -0.356 e. The van der Waals surface area contributed by atoms with E-state index in [0.717, 1.165) is 25.5 Å². The zero-order valence-corrected chi connectivity index (χ0v) is 18.3. The van der Waals surface area contributed by atoms with E-state index in [1.54, 1.807) is 7.05 Å². The van der Waals surface area contributed by atoms with Gasteiger partial charge in [0.1, 0.15) is 0 Å². The van der Waals surface area contributed by atoms with Gasteiger partial charge in [-0.2, -0.15) is 0 Å². The fraction of sp³-hybridized carbons (Fsp3) is 0.833. The van der Waals surface area contributed by atoms with Crippen molar-refractivity contribution in [1.82, 2.24) is 20.4 Å². The molecule has 2 heterocycles. The first kappa shape index (κ1) is 23.1. The lowest BCUT2D eigenvalue weighted by molar-refractivity contribution is -0.147. The molecule has 7 nitrogen and oxygen atoms in total. The van der Waals surface area contributed by atoms with Crippen LogP contribution in [0.1, 0.15) is 51.4 Å². The van der Waals surface area contributed by atoms with Gasteiger partial charge < -0.3 is 15.5 Å². The van der Waals surface area contributed by atoms with Crippen molar-refractivity contribution in [3.05, 3.63) is 0 Å². The van der Waals surface area contributed by atoms with Crippen LogP contribution in [-0.4, -0.2) is 73.9 Å². The average Bonchev–Trinajstić information content (AvgIpc) is 2.88. The Morgan fingerprint density at radius 1 is 0.923 bits per heavy atom. The highest BCUT2D eigenvalue weighted by Crippen LogP contribution is 2.11. The van der Waals surface area contributed by atoms with Crippen LogP contribution in [0.4, 0.5) is 0 Å². The van der Waals surface area contributed by atoms with Gasteiger partial charge in [0.2, 0.25) is 11.8 Å². The van der Waals surface area contributed by atoms with Crippen molar-refractivity contribution in [3.8, 4) is 0 Å². The Morgan fingerprint density at radius 3 is 2.15 bits per heavy atom. The van der Waals surface area contributed by atoms with Crippen LogP contribution in [0, 0.1) is 0 Å². The van der Waals surface area contributed by atoms with E-state index in [-0.39, 0.29) is 35.8 Å². The third kappa shape index (κ3) is 8.20. The van der Waals surface area contributed by atoms with Crippen LogP contribution in [0.15, 0.2) is 4.99 Å². The van der Waals surface area contributed by atoms with Crippen molar-refractivity contribution < 1.29 is 9.59 Å². The Bertz CT molecular complexity index is 448. The maximum atomic E-state index is 11.8. The fourth-order valence-electron chi connectivity index (χ4n) is 3.43. The van der Waals surface area contributed by atoms with Crippen molar-refractivity contribution in [1.29, 1.82) is 0 Å². The lowest BCUT2D eigenvalue weighted by Gasteiger charge is -2.25. The molecule has 0 aromatic rings. The first-order valence-corrected chi connectivity index (χ1v) is 9.71. The maximum Gasteiger partial charge on any atom is 0.229 e. The topological polar surface area (TPSA) is 77.0 Å². The second-order valence-corrected chi connectivity index (χ2v) is 6.83. The van der Waals surface area contributed by atoms with Gasteiger partial charge in [-0.3, -0.25) is 19.5 Å². The quantitative estimate of drug-likeness (QED) is 0.191. The number of hydrogen-bond donors (Lipinski definition) is 2. The van der Waals surface area contributed by atoms with Gasteiger partial charge in [0.15, 0.2) is 5.96 Å². The van der Waals surface area contributed by atoms with Crippen LogP contribution in [-0.2, 0) is 9.59 Å². The van der Waals surface area contributed by atoms with Gasteiger partial charge >= 0.3 is 0 Å². The average molecular weight is 479 g/mol. The number of aliphatic imine (C=N–C) groups is 1. The smallest absolute Gasteiger partial charge is 0.229 e. The summed E-state index contributed by atoms with van der Waals surface area (Å²) < 4.78 is 0. The summed E-state index contributed by atoms with van der Waals surface area (Å²) in [5.74, 6) is 0.615. The van der Waals surface area contributed by atoms with Gasteiger partial charge in [0.25, 0.3) is 0 Å². The summed E-state index contributed by atoms with van der Waals surface area (Å²) >= 11 is 0.